The lowest BCUT2D eigenvalue weighted by Gasteiger charge is -2.01. The zero-order valence-corrected chi connectivity index (χ0v) is 9.23. The maximum absolute atomic E-state index is 11.4. The van der Waals surface area contributed by atoms with Gasteiger partial charge in [0.2, 0.25) is 6.20 Å². The van der Waals surface area contributed by atoms with Gasteiger partial charge in [0.25, 0.3) is 11.3 Å². The van der Waals surface area contributed by atoms with Crippen LogP contribution in [0.5, 0.6) is 11.6 Å². The van der Waals surface area contributed by atoms with Gasteiger partial charge >= 0.3 is 0 Å². The molecule has 0 amide bonds. The minimum Gasteiger partial charge on any atom is -0.619 e. The summed E-state index contributed by atoms with van der Waals surface area (Å²) in [7, 11) is 0. The lowest BCUT2D eigenvalue weighted by molar-refractivity contribution is -0.605. The number of hydrogen-bond donors (Lipinski definition) is 0. The molecule has 0 unspecified atom stereocenters. The predicted octanol–water partition coefficient (Wildman–Crippen LogP) is 0.977. The Morgan fingerprint density at radius 2 is 2.31 bits per heavy atom. The highest BCUT2D eigenvalue weighted by molar-refractivity contribution is 6.99. The van der Waals surface area contributed by atoms with Crippen molar-refractivity contribution in [1.29, 1.82) is 0 Å². The van der Waals surface area contributed by atoms with Crippen molar-refractivity contribution in [2.75, 3.05) is 0 Å². The Labute approximate surface area is 98.6 Å². The summed E-state index contributed by atoms with van der Waals surface area (Å²) in [5, 5.41) is 10.7. The summed E-state index contributed by atoms with van der Waals surface area (Å²) in [5.41, 5.74) is -0.610. The van der Waals surface area contributed by atoms with Crippen LogP contribution in [0.25, 0.3) is 0 Å². The van der Waals surface area contributed by atoms with Crippen molar-refractivity contribution in [3.63, 3.8) is 0 Å². The van der Waals surface area contributed by atoms with Crippen LogP contribution in [0.3, 0.4) is 0 Å². The summed E-state index contributed by atoms with van der Waals surface area (Å²) in [6.07, 6.45) is 2.46. The Balaban J connectivity index is 2.34. The molecule has 0 aliphatic carbocycles. The Morgan fingerprint density at radius 1 is 1.50 bits per heavy atom. The highest BCUT2D eigenvalue weighted by Crippen LogP contribution is 2.15. The number of pyridine rings is 1. The molecule has 0 saturated heterocycles. The molecular formula is C8H4ClN3O3S. The van der Waals surface area contributed by atoms with Gasteiger partial charge in [-0.1, -0.05) is 11.6 Å². The third kappa shape index (κ3) is 2.26. The average molecular weight is 258 g/mol. The summed E-state index contributed by atoms with van der Waals surface area (Å²) in [4.78, 5) is 11.4. The van der Waals surface area contributed by atoms with E-state index in [1.54, 1.807) is 0 Å². The molecular weight excluding hydrogens is 254 g/mol. The molecule has 2 rings (SSSR count). The highest BCUT2D eigenvalue weighted by Gasteiger charge is 2.10. The average Bonchev–Trinajstić information content (AvgIpc) is 2.25. The van der Waals surface area contributed by atoms with E-state index in [1.165, 1.54) is 24.5 Å². The normalized spacial score (nSPS) is 10.1. The summed E-state index contributed by atoms with van der Waals surface area (Å²) in [5.74, 6) is 0.00719. The van der Waals surface area contributed by atoms with Gasteiger partial charge < -0.3 is 9.94 Å². The Morgan fingerprint density at radius 3 is 3.06 bits per heavy atom. The van der Waals surface area contributed by atoms with Crippen molar-refractivity contribution in [2.45, 2.75) is 0 Å². The van der Waals surface area contributed by atoms with E-state index in [9.17, 15) is 10.0 Å². The van der Waals surface area contributed by atoms with Crippen molar-refractivity contribution in [3.8, 4) is 11.6 Å². The van der Waals surface area contributed by atoms with E-state index in [2.05, 4.69) is 8.75 Å². The molecule has 0 spiro atoms. The fourth-order valence-corrected chi connectivity index (χ4v) is 1.50. The number of ether oxygens (including phenoxy) is 1. The van der Waals surface area contributed by atoms with E-state index in [1.807, 2.05) is 0 Å². The van der Waals surface area contributed by atoms with Crippen molar-refractivity contribution in [2.24, 2.45) is 0 Å². The van der Waals surface area contributed by atoms with Gasteiger partial charge in [0.05, 0.1) is 11.7 Å². The van der Waals surface area contributed by atoms with Gasteiger partial charge in [-0.3, -0.25) is 4.79 Å². The molecule has 16 heavy (non-hydrogen) atoms. The first-order valence-electron chi connectivity index (χ1n) is 4.06. The molecule has 0 N–H and O–H groups in total. The van der Waals surface area contributed by atoms with E-state index in [4.69, 9.17) is 16.3 Å². The zero-order valence-electron chi connectivity index (χ0n) is 7.66. The van der Waals surface area contributed by atoms with E-state index in [0.29, 0.717) is 4.73 Å². The molecule has 2 heterocycles. The topological polar surface area (TPSA) is 79.0 Å². The van der Waals surface area contributed by atoms with Crippen LogP contribution in [0, 0.1) is 5.21 Å². The molecule has 0 aromatic carbocycles. The van der Waals surface area contributed by atoms with Crippen molar-refractivity contribution < 1.29 is 9.47 Å². The second kappa shape index (κ2) is 4.42. The molecule has 0 radical (unpaired) electrons. The molecule has 0 atom stereocenters. The summed E-state index contributed by atoms with van der Waals surface area (Å²) in [6.45, 7) is 0. The largest absolute Gasteiger partial charge is 0.619 e. The Kier molecular flexibility index (Phi) is 2.97. The van der Waals surface area contributed by atoms with Crippen LogP contribution in [-0.4, -0.2) is 8.75 Å². The van der Waals surface area contributed by atoms with E-state index in [-0.39, 0.29) is 16.8 Å². The number of nitrogens with zero attached hydrogens (tertiary/aromatic N) is 3. The second-order valence-electron chi connectivity index (χ2n) is 2.69. The van der Waals surface area contributed by atoms with Crippen molar-refractivity contribution in [1.82, 2.24) is 8.75 Å². The van der Waals surface area contributed by atoms with Crippen LogP contribution in [0.2, 0.25) is 5.15 Å². The van der Waals surface area contributed by atoms with Crippen LogP contribution in [0.15, 0.2) is 29.3 Å². The molecule has 82 valence electrons. The van der Waals surface area contributed by atoms with E-state index in [0.717, 1.165) is 11.7 Å². The maximum atomic E-state index is 11.4. The molecule has 2 aromatic rings. The van der Waals surface area contributed by atoms with E-state index < -0.39 is 5.43 Å². The van der Waals surface area contributed by atoms with Gasteiger partial charge in [0.1, 0.15) is 0 Å². The van der Waals surface area contributed by atoms with Crippen LogP contribution in [0.4, 0.5) is 0 Å². The molecule has 6 nitrogen and oxygen atoms in total. The fraction of sp³-hybridized carbons (Fsp3) is 0. The molecule has 8 heteroatoms. The maximum Gasteiger partial charge on any atom is 0.283 e. The van der Waals surface area contributed by atoms with E-state index >= 15 is 0 Å². The number of aromatic nitrogens is 3. The quantitative estimate of drug-likeness (QED) is 0.592. The molecule has 0 saturated carbocycles. The summed E-state index contributed by atoms with van der Waals surface area (Å²) in [6, 6.07) is 3.01. The van der Waals surface area contributed by atoms with Gasteiger partial charge in [-0.25, -0.2) is 0 Å². The van der Waals surface area contributed by atoms with Crippen LogP contribution >= 0.6 is 23.3 Å². The smallest absolute Gasteiger partial charge is 0.283 e. The lowest BCUT2D eigenvalue weighted by atomic mass is 10.5. The van der Waals surface area contributed by atoms with Crippen molar-refractivity contribution in [3.05, 3.63) is 45.1 Å². The van der Waals surface area contributed by atoms with Gasteiger partial charge in [-0.2, -0.15) is 9.10 Å². The number of rotatable bonds is 2. The summed E-state index contributed by atoms with van der Waals surface area (Å²) < 4.78 is 12.9. The molecule has 0 aliphatic rings. The third-order valence-electron chi connectivity index (χ3n) is 1.59. The lowest BCUT2D eigenvalue weighted by Crippen LogP contribution is -2.24. The minimum atomic E-state index is -0.610. The fourth-order valence-electron chi connectivity index (χ4n) is 0.936. The van der Waals surface area contributed by atoms with Gasteiger partial charge in [0.15, 0.2) is 17.1 Å². The molecule has 2 aromatic heterocycles. The van der Waals surface area contributed by atoms with Crippen LogP contribution in [-0.2, 0) is 0 Å². The van der Waals surface area contributed by atoms with Gasteiger partial charge in [-0.15, -0.1) is 4.37 Å². The molecule has 0 fully saturated rings. The van der Waals surface area contributed by atoms with Gasteiger partial charge in [-0.05, 0) is 6.07 Å². The highest BCUT2D eigenvalue weighted by atomic mass is 35.5. The van der Waals surface area contributed by atoms with Crippen LogP contribution in [0.1, 0.15) is 0 Å². The first-order chi connectivity index (χ1) is 7.66. The SMILES string of the molecule is O=c1c(Cl)nsnc1Oc1ccc[n+]([O-])c1. The second-order valence-corrected chi connectivity index (χ2v) is 3.58. The first-order valence-corrected chi connectivity index (χ1v) is 5.16. The number of hydrogen-bond acceptors (Lipinski definition) is 6. The van der Waals surface area contributed by atoms with Crippen molar-refractivity contribution >= 4 is 23.3 Å². The standard InChI is InChI=1S/C8H4ClN3O3S/c9-7-6(13)8(11-16-10-7)15-5-2-1-3-12(14)4-5/h1-4H. The summed E-state index contributed by atoms with van der Waals surface area (Å²) >= 11 is 6.26. The Hall–Kier alpha value is -1.73. The number of halogens is 1. The third-order valence-corrected chi connectivity index (χ3v) is 2.46. The van der Waals surface area contributed by atoms with Crippen LogP contribution < -0.4 is 14.9 Å². The predicted molar refractivity (Wildman–Crippen MR) is 56.7 cm³/mol. The molecule has 0 bridgehead atoms. The minimum absolute atomic E-state index is 0.198. The van der Waals surface area contributed by atoms with Gasteiger partial charge in [0, 0.05) is 6.07 Å². The molecule has 0 aliphatic heterocycles. The first kappa shape index (κ1) is 10.8. The Bertz CT molecular complexity index is 574. The monoisotopic (exact) mass is 257 g/mol. The zero-order chi connectivity index (χ0) is 11.5.